The number of fused-ring (bicyclic) bond motifs is 1. The second-order valence-electron chi connectivity index (χ2n) is 10.1. The van der Waals surface area contributed by atoms with E-state index in [9.17, 15) is 44.1 Å². The van der Waals surface area contributed by atoms with E-state index in [2.05, 4.69) is 19.3 Å². The number of aliphatic hydroxyl groups excluding tert-OH is 4. The van der Waals surface area contributed by atoms with Crippen molar-refractivity contribution in [2.24, 2.45) is 0 Å². The van der Waals surface area contributed by atoms with Crippen LogP contribution in [0.15, 0.2) is 36.7 Å². The summed E-state index contributed by atoms with van der Waals surface area (Å²) in [5.74, 6) is -0.159. The Balaban J connectivity index is 1.31. The number of nitrogen functional groups attached to an aromatic ring is 1. The average Bonchev–Trinajstić information content (AvgIpc) is 3.54. The predicted octanol–water partition coefficient (Wildman–Crippen LogP) is -0.945. The number of rotatable bonds is 15. The summed E-state index contributed by atoms with van der Waals surface area (Å²) < 4.78 is 51.2. The van der Waals surface area contributed by atoms with Crippen molar-refractivity contribution in [2.45, 2.75) is 63.2 Å². The first kappa shape index (κ1) is 35.2. The van der Waals surface area contributed by atoms with Crippen molar-refractivity contribution in [1.29, 1.82) is 0 Å². The lowest BCUT2D eigenvalue weighted by atomic mass is 10.1. The molecule has 22 heteroatoms. The first-order valence-corrected chi connectivity index (χ1v) is 16.3. The highest BCUT2D eigenvalue weighted by Gasteiger charge is 2.47. The van der Waals surface area contributed by atoms with Gasteiger partial charge in [0.05, 0.1) is 32.3 Å². The van der Waals surface area contributed by atoms with Crippen molar-refractivity contribution in [1.82, 2.24) is 24.4 Å². The average molecular weight is 681 g/mol. The zero-order valence-corrected chi connectivity index (χ0v) is 25.7. The van der Waals surface area contributed by atoms with E-state index < -0.39 is 78.4 Å². The number of anilines is 1. The molecule has 250 valence electrons. The number of ketones is 1. The minimum absolute atomic E-state index is 0.0472. The van der Waals surface area contributed by atoms with Gasteiger partial charge in [-0.1, -0.05) is 6.08 Å². The maximum absolute atomic E-state index is 12.4. The van der Waals surface area contributed by atoms with Crippen LogP contribution in [0.2, 0.25) is 0 Å². The molecule has 4 rings (SSSR count). The van der Waals surface area contributed by atoms with Gasteiger partial charge in [-0.3, -0.25) is 18.4 Å². The van der Waals surface area contributed by atoms with Crippen LogP contribution in [0.4, 0.5) is 5.82 Å². The molecule has 20 nitrogen and oxygen atoms in total. The zero-order valence-electron chi connectivity index (χ0n) is 23.9. The van der Waals surface area contributed by atoms with E-state index in [4.69, 9.17) is 24.3 Å². The van der Waals surface area contributed by atoms with E-state index in [0.717, 1.165) is 6.33 Å². The Bertz CT molecular complexity index is 1520. The number of Topliss-reactive ketones (excluding diaryl/α,β-unsaturated/α-hetero) is 1. The summed E-state index contributed by atoms with van der Waals surface area (Å²) in [5, 5.41) is 40.7. The maximum atomic E-state index is 12.4. The molecule has 0 amide bonds. The van der Waals surface area contributed by atoms with Crippen molar-refractivity contribution in [3.63, 3.8) is 0 Å². The molecule has 4 heterocycles. The second kappa shape index (κ2) is 14.4. The third kappa shape index (κ3) is 8.57. The molecule has 0 saturated carbocycles. The van der Waals surface area contributed by atoms with Gasteiger partial charge in [0.1, 0.15) is 36.3 Å². The number of allylic oxidation sites excluding steroid dienone is 2. The summed E-state index contributed by atoms with van der Waals surface area (Å²) in [6, 6.07) is 0. The molecule has 0 aromatic carbocycles. The summed E-state index contributed by atoms with van der Waals surface area (Å²) in [6.07, 6.45) is -2.29. The van der Waals surface area contributed by atoms with Crippen LogP contribution >= 0.6 is 15.6 Å². The molecule has 9 atom stereocenters. The topological polar surface area (TPSA) is 292 Å². The van der Waals surface area contributed by atoms with Crippen LogP contribution in [0, 0.1) is 0 Å². The van der Waals surface area contributed by atoms with Crippen molar-refractivity contribution in [3.05, 3.63) is 36.7 Å². The van der Waals surface area contributed by atoms with Gasteiger partial charge in [-0.2, -0.15) is 4.31 Å². The Labute approximate surface area is 255 Å². The van der Waals surface area contributed by atoms with E-state index in [1.165, 1.54) is 42.0 Å². The zero-order chi connectivity index (χ0) is 33.1. The largest absolute Gasteiger partial charge is 0.481 e. The molecule has 2 aliphatic rings. The van der Waals surface area contributed by atoms with Crippen LogP contribution in [0.25, 0.3) is 11.2 Å². The number of carbonyl (C=O) groups is 1. The first-order valence-electron chi connectivity index (χ1n) is 13.3. The fraction of sp³-hybridized carbons (Fsp3) is 0.565. The fourth-order valence-corrected chi connectivity index (χ4v) is 6.55. The van der Waals surface area contributed by atoms with E-state index >= 15 is 0 Å². The second-order valence-corrected chi connectivity index (χ2v) is 13.1. The molecule has 0 aliphatic carbocycles. The van der Waals surface area contributed by atoms with Gasteiger partial charge in [0.25, 0.3) is 0 Å². The van der Waals surface area contributed by atoms with Gasteiger partial charge in [0, 0.05) is 18.0 Å². The highest BCUT2D eigenvalue weighted by molar-refractivity contribution is 7.61. The highest BCUT2D eigenvalue weighted by atomic mass is 31.3. The third-order valence-electron chi connectivity index (χ3n) is 6.63. The molecule has 0 spiro atoms. The number of nitrogens with two attached hydrogens (primary N) is 1. The van der Waals surface area contributed by atoms with Crippen molar-refractivity contribution >= 4 is 38.4 Å². The lowest BCUT2D eigenvalue weighted by Gasteiger charge is -2.28. The van der Waals surface area contributed by atoms with Gasteiger partial charge in [-0.05, 0) is 20.3 Å². The van der Waals surface area contributed by atoms with Gasteiger partial charge >= 0.3 is 15.6 Å². The van der Waals surface area contributed by atoms with E-state index in [0.29, 0.717) is 12.0 Å². The van der Waals surface area contributed by atoms with Crippen molar-refractivity contribution in [3.8, 4) is 0 Å². The number of aromatic nitrogens is 4. The number of carbonyl (C=O) groups excluding carboxylic acids is 1. The first-order chi connectivity index (χ1) is 21.1. The SMILES string of the molecule is CC(=O)C1=CN(C2OC(COP(=O)(O)OP(=O)(O)OCC(C)OC(C(O)CO)n3cnc4c(N)ncnc43)C(O)C2O)C=CC1. The summed E-state index contributed by atoms with van der Waals surface area (Å²) in [4.78, 5) is 45.0. The van der Waals surface area contributed by atoms with Crippen LogP contribution < -0.4 is 5.73 Å². The molecule has 2 aromatic rings. The Hall–Kier alpha value is -2.68. The van der Waals surface area contributed by atoms with Gasteiger partial charge in [-0.25, -0.2) is 24.1 Å². The summed E-state index contributed by atoms with van der Waals surface area (Å²) >= 11 is 0. The number of aliphatic hydroxyl groups is 4. The molecular weight excluding hydrogens is 646 g/mol. The quantitative estimate of drug-likeness (QED) is 0.112. The Morgan fingerprint density at radius 1 is 1.18 bits per heavy atom. The predicted molar refractivity (Wildman–Crippen MR) is 150 cm³/mol. The summed E-state index contributed by atoms with van der Waals surface area (Å²) in [6.45, 7) is 0.402. The van der Waals surface area contributed by atoms with Gasteiger partial charge in [-0.15, -0.1) is 0 Å². The van der Waals surface area contributed by atoms with Crippen LogP contribution in [-0.4, -0.2) is 117 Å². The Kier molecular flexibility index (Phi) is 11.3. The van der Waals surface area contributed by atoms with Crippen molar-refractivity contribution < 1.29 is 67.0 Å². The molecule has 1 fully saturated rings. The number of phosphoric ester groups is 2. The third-order valence-corrected chi connectivity index (χ3v) is 9.23. The van der Waals surface area contributed by atoms with Gasteiger partial charge < -0.3 is 50.3 Å². The standard InChI is InChI=1S/C23H34N6O14P2/c1-12(41-22(15(32)7-30)29-11-27-17-20(24)25-10-26-21(17)29)8-39-44(35,36)43-45(37,38)40-9-16-18(33)19(34)23(42-16)28-5-3-4-14(6-28)13(2)31/h3,5-6,10-12,15-16,18-19,22-23,30,32-34H,4,7-9H2,1-2H3,(H,35,36)(H,37,38)(H2,24,25,26). The number of hydrogen-bond acceptors (Lipinski definition) is 17. The minimum atomic E-state index is -5.31. The summed E-state index contributed by atoms with van der Waals surface area (Å²) in [5.41, 5.74) is 6.54. The number of ether oxygens (including phenoxy) is 2. The smallest absolute Gasteiger partial charge is 0.394 e. The lowest BCUT2D eigenvalue weighted by molar-refractivity contribution is -0.131. The van der Waals surface area contributed by atoms with E-state index in [1.54, 1.807) is 6.08 Å². The van der Waals surface area contributed by atoms with Crippen LogP contribution in [0.5, 0.6) is 0 Å². The van der Waals surface area contributed by atoms with Gasteiger partial charge in [0.2, 0.25) is 0 Å². The van der Waals surface area contributed by atoms with Crippen LogP contribution in [0.3, 0.4) is 0 Å². The normalized spacial score (nSPS) is 26.7. The highest BCUT2D eigenvalue weighted by Crippen LogP contribution is 2.60. The fourth-order valence-electron chi connectivity index (χ4n) is 4.39. The van der Waals surface area contributed by atoms with Crippen molar-refractivity contribution in [2.75, 3.05) is 25.6 Å². The molecule has 0 bridgehead atoms. The van der Waals surface area contributed by atoms with E-state index in [1.807, 2.05) is 0 Å². The minimum Gasteiger partial charge on any atom is -0.394 e. The van der Waals surface area contributed by atoms with Gasteiger partial charge in [0.15, 0.2) is 29.7 Å². The number of hydrogen-bond donors (Lipinski definition) is 7. The Morgan fingerprint density at radius 2 is 1.89 bits per heavy atom. The number of phosphoric acid groups is 2. The van der Waals surface area contributed by atoms with Crippen LogP contribution in [0.1, 0.15) is 26.5 Å². The Morgan fingerprint density at radius 3 is 2.58 bits per heavy atom. The molecule has 2 aliphatic heterocycles. The molecule has 8 N–H and O–H groups in total. The number of imidazole rings is 1. The molecule has 1 saturated heterocycles. The monoisotopic (exact) mass is 680 g/mol. The maximum Gasteiger partial charge on any atom is 0.481 e. The molecule has 45 heavy (non-hydrogen) atoms. The molecular formula is C23H34N6O14P2. The van der Waals surface area contributed by atoms with Crippen LogP contribution in [-0.2, 0) is 36.8 Å². The molecule has 0 radical (unpaired) electrons. The summed E-state index contributed by atoms with van der Waals surface area (Å²) in [7, 11) is -10.6. The number of nitrogens with zero attached hydrogens (tertiary/aromatic N) is 5. The molecule has 2 aromatic heterocycles. The van der Waals surface area contributed by atoms with E-state index in [-0.39, 0.29) is 22.8 Å². The lowest BCUT2D eigenvalue weighted by Crippen LogP contribution is -2.40. The molecule has 9 unspecified atom stereocenters.